The molecule has 0 radical (unpaired) electrons. The molecule has 3 heterocycles. The van der Waals surface area contributed by atoms with Crippen molar-refractivity contribution in [2.45, 2.75) is 57.8 Å². The number of anilines is 1. The Hall–Kier alpha value is -2.95. The molecule has 1 unspecified atom stereocenters. The van der Waals surface area contributed by atoms with Crippen LogP contribution in [0.5, 0.6) is 0 Å². The number of likely N-dealkylation sites (tertiary alicyclic amines) is 1. The van der Waals surface area contributed by atoms with Crippen molar-refractivity contribution < 1.29 is 19.0 Å². The van der Waals surface area contributed by atoms with Gasteiger partial charge in [0.2, 0.25) is 0 Å². The molecule has 12 heteroatoms. The summed E-state index contributed by atoms with van der Waals surface area (Å²) in [5.74, 6) is 0.553. The van der Waals surface area contributed by atoms with Crippen LogP contribution in [0, 0.1) is 0 Å². The molecule has 2 aromatic heterocycles. The molecular formula is C26H31Cl2FN6O3. The van der Waals surface area contributed by atoms with Crippen LogP contribution in [-0.2, 0) is 24.1 Å². The number of rotatable bonds is 11. The van der Waals surface area contributed by atoms with Crippen LogP contribution >= 0.6 is 23.2 Å². The van der Waals surface area contributed by atoms with Crippen LogP contribution in [0.25, 0.3) is 11.3 Å². The van der Waals surface area contributed by atoms with Crippen molar-refractivity contribution in [3.8, 4) is 11.3 Å². The van der Waals surface area contributed by atoms with Gasteiger partial charge in [0.15, 0.2) is 0 Å². The number of nitrogens with one attached hydrogen (secondary N) is 1. The third kappa shape index (κ3) is 6.19. The number of aromatic nitrogens is 4. The van der Waals surface area contributed by atoms with E-state index in [1.54, 1.807) is 24.7 Å². The van der Waals surface area contributed by atoms with E-state index in [-0.39, 0.29) is 13.2 Å². The Bertz CT molecular complexity index is 1250. The summed E-state index contributed by atoms with van der Waals surface area (Å²) in [6.07, 6.45) is 5.25. The van der Waals surface area contributed by atoms with Crippen molar-refractivity contribution in [3.63, 3.8) is 0 Å². The van der Waals surface area contributed by atoms with E-state index in [2.05, 4.69) is 10.3 Å². The highest BCUT2D eigenvalue weighted by atomic mass is 35.5. The Morgan fingerprint density at radius 3 is 2.66 bits per heavy atom. The van der Waals surface area contributed by atoms with Gasteiger partial charge < -0.3 is 24.6 Å². The minimum Gasteiger partial charge on any atom is -0.465 e. The zero-order valence-corrected chi connectivity index (χ0v) is 22.8. The van der Waals surface area contributed by atoms with Gasteiger partial charge in [-0.3, -0.25) is 0 Å². The summed E-state index contributed by atoms with van der Waals surface area (Å²) in [4.78, 5) is 27.4. The normalized spacial score (nSPS) is 19.2. The van der Waals surface area contributed by atoms with E-state index in [9.17, 15) is 14.3 Å². The quantitative estimate of drug-likeness (QED) is 0.323. The van der Waals surface area contributed by atoms with E-state index >= 15 is 0 Å². The van der Waals surface area contributed by atoms with Crippen LogP contribution in [0.3, 0.4) is 0 Å². The SMILES string of the molecule is CCc1nc(-c2ccc(Cl)cc2Cl)c(CC)nc1N[C@@H]1C(CCn2ccnc2)N(C(=O)O)C[C@@H]1OCCF. The highest BCUT2D eigenvalue weighted by molar-refractivity contribution is 6.36. The summed E-state index contributed by atoms with van der Waals surface area (Å²) in [6, 6.07) is 4.36. The van der Waals surface area contributed by atoms with E-state index in [0.717, 1.165) is 11.3 Å². The number of alkyl halides is 1. The molecule has 1 aromatic carbocycles. The monoisotopic (exact) mass is 564 g/mol. The minimum atomic E-state index is -1.05. The van der Waals surface area contributed by atoms with Gasteiger partial charge in [-0.1, -0.05) is 37.0 Å². The minimum absolute atomic E-state index is 0.120. The van der Waals surface area contributed by atoms with Crippen molar-refractivity contribution in [2.75, 3.05) is 25.1 Å². The van der Waals surface area contributed by atoms with E-state index < -0.39 is 31.0 Å². The number of benzene rings is 1. The fourth-order valence-corrected chi connectivity index (χ4v) is 5.35. The molecule has 3 atom stereocenters. The number of imidazole rings is 1. The number of amides is 1. The molecule has 1 fully saturated rings. The number of hydrogen-bond donors (Lipinski definition) is 2. The average molecular weight is 565 g/mol. The molecule has 1 aliphatic heterocycles. The Balaban J connectivity index is 1.70. The topological polar surface area (TPSA) is 105 Å². The van der Waals surface area contributed by atoms with Crippen LogP contribution in [0.4, 0.5) is 15.0 Å². The van der Waals surface area contributed by atoms with Crippen molar-refractivity contribution in [1.82, 2.24) is 24.4 Å². The molecule has 9 nitrogen and oxygen atoms in total. The van der Waals surface area contributed by atoms with Gasteiger partial charge in [0.1, 0.15) is 12.5 Å². The summed E-state index contributed by atoms with van der Waals surface area (Å²) in [5.41, 5.74) is 2.85. The van der Waals surface area contributed by atoms with Gasteiger partial charge in [-0.2, -0.15) is 0 Å². The number of carbonyl (C=O) groups is 1. The number of hydrogen-bond acceptors (Lipinski definition) is 6. The second kappa shape index (κ2) is 12.7. The lowest BCUT2D eigenvalue weighted by Crippen LogP contribution is -2.44. The van der Waals surface area contributed by atoms with Crippen LogP contribution < -0.4 is 5.32 Å². The molecule has 0 bridgehead atoms. The van der Waals surface area contributed by atoms with Crippen LogP contribution in [0.1, 0.15) is 31.7 Å². The second-order valence-corrected chi connectivity index (χ2v) is 9.85. The standard InChI is InChI=1S/C26H31Cl2FN6O3/c1-3-19-23(17-6-5-16(27)13-18(17)28)31-20(4-2)25(32-19)33-24-21(7-10-34-11-9-30-15-34)35(26(36)37)14-22(24)38-12-8-29/h5-6,9,11,13,15,21-22,24H,3-4,7-8,10,12,14H2,1-2H3,(H,32,33)(H,36,37)/t21?,22-,24+/m0/s1. The van der Waals surface area contributed by atoms with Crippen molar-refractivity contribution in [1.29, 1.82) is 0 Å². The average Bonchev–Trinajstić information content (AvgIpc) is 3.54. The predicted octanol–water partition coefficient (Wildman–Crippen LogP) is 5.36. The Morgan fingerprint density at radius 2 is 2.03 bits per heavy atom. The summed E-state index contributed by atoms with van der Waals surface area (Å²) >= 11 is 12.6. The summed E-state index contributed by atoms with van der Waals surface area (Å²) in [7, 11) is 0. The number of aryl methyl sites for hydroxylation is 3. The summed E-state index contributed by atoms with van der Waals surface area (Å²) in [6.45, 7) is 3.85. The highest BCUT2D eigenvalue weighted by Crippen LogP contribution is 2.34. The number of ether oxygens (including phenoxy) is 1. The van der Waals surface area contributed by atoms with Crippen LogP contribution in [0.15, 0.2) is 36.9 Å². The maximum Gasteiger partial charge on any atom is 0.407 e. The third-order valence-electron chi connectivity index (χ3n) is 6.69. The predicted molar refractivity (Wildman–Crippen MR) is 145 cm³/mol. The smallest absolute Gasteiger partial charge is 0.407 e. The zero-order chi connectivity index (χ0) is 27.2. The fourth-order valence-electron chi connectivity index (χ4n) is 4.85. The maximum atomic E-state index is 13.0. The Kier molecular flexibility index (Phi) is 9.40. The molecular weight excluding hydrogens is 534 g/mol. The molecule has 38 heavy (non-hydrogen) atoms. The molecule has 1 amide bonds. The first kappa shape index (κ1) is 28.1. The van der Waals surface area contributed by atoms with Gasteiger partial charge in [0, 0.05) is 29.5 Å². The van der Waals surface area contributed by atoms with Crippen LogP contribution in [0.2, 0.25) is 10.0 Å². The number of nitrogens with zero attached hydrogens (tertiary/aromatic N) is 5. The van der Waals surface area contributed by atoms with Gasteiger partial charge in [-0.15, -0.1) is 0 Å². The lowest BCUT2D eigenvalue weighted by Gasteiger charge is -2.29. The van der Waals surface area contributed by atoms with Crippen molar-refractivity contribution in [2.24, 2.45) is 0 Å². The second-order valence-electron chi connectivity index (χ2n) is 9.01. The molecule has 3 aromatic rings. The largest absolute Gasteiger partial charge is 0.465 e. The first-order valence-electron chi connectivity index (χ1n) is 12.6. The lowest BCUT2D eigenvalue weighted by atomic mass is 10.0. The molecule has 2 N–H and O–H groups in total. The summed E-state index contributed by atoms with van der Waals surface area (Å²) in [5, 5.41) is 14.4. The van der Waals surface area contributed by atoms with Gasteiger partial charge in [0.05, 0.1) is 59.8 Å². The van der Waals surface area contributed by atoms with E-state index in [1.165, 1.54) is 4.90 Å². The van der Waals surface area contributed by atoms with Gasteiger partial charge in [-0.25, -0.2) is 24.1 Å². The van der Waals surface area contributed by atoms with Gasteiger partial charge in [-0.05, 0) is 37.5 Å². The first-order chi connectivity index (χ1) is 18.4. The van der Waals surface area contributed by atoms with Crippen LogP contribution in [-0.4, -0.2) is 73.6 Å². The van der Waals surface area contributed by atoms with Gasteiger partial charge >= 0.3 is 6.09 Å². The van der Waals surface area contributed by atoms with Gasteiger partial charge in [0.25, 0.3) is 0 Å². The summed E-state index contributed by atoms with van der Waals surface area (Å²) < 4.78 is 20.7. The Labute approximate surface area is 231 Å². The lowest BCUT2D eigenvalue weighted by molar-refractivity contribution is 0.0449. The highest BCUT2D eigenvalue weighted by Gasteiger charge is 2.45. The molecule has 0 spiro atoms. The third-order valence-corrected chi connectivity index (χ3v) is 7.24. The molecule has 0 saturated carbocycles. The number of carboxylic acid groups (broad SMARTS) is 1. The molecule has 204 valence electrons. The Morgan fingerprint density at radius 1 is 1.24 bits per heavy atom. The molecule has 1 saturated heterocycles. The fraction of sp³-hybridized carbons (Fsp3) is 0.462. The molecule has 4 rings (SSSR count). The van der Waals surface area contributed by atoms with E-state index in [0.29, 0.717) is 53.1 Å². The zero-order valence-electron chi connectivity index (χ0n) is 21.3. The maximum absolute atomic E-state index is 13.0. The number of halogens is 3. The van der Waals surface area contributed by atoms with E-state index in [1.807, 2.05) is 30.7 Å². The van der Waals surface area contributed by atoms with Crippen molar-refractivity contribution in [3.05, 3.63) is 58.4 Å². The van der Waals surface area contributed by atoms with Crippen molar-refractivity contribution >= 4 is 35.1 Å². The molecule has 0 aliphatic carbocycles. The molecule has 1 aliphatic rings. The van der Waals surface area contributed by atoms with E-state index in [4.69, 9.17) is 37.9 Å². The first-order valence-corrected chi connectivity index (χ1v) is 13.4.